The molecule has 0 aromatic carbocycles. The summed E-state index contributed by atoms with van der Waals surface area (Å²) in [6.45, 7) is 4.22. The molecule has 0 bridgehead atoms. The highest BCUT2D eigenvalue weighted by Gasteiger charge is 2.18. The van der Waals surface area contributed by atoms with E-state index in [1.807, 2.05) is 6.08 Å². The topological polar surface area (TPSA) is 69.6 Å². The number of carbonyl (C=O) groups is 1. The molecule has 0 heterocycles. The lowest BCUT2D eigenvalue weighted by Crippen LogP contribution is -2.45. The SMILES string of the molecule is CC/C=C\C/C=C\C/C=C\C/C=C\C/C=C\CCCCCCCCCCCCCCCCCCCCCCCCCCCC(=O)NC(CO)C(O)/C=C/CC/C=C/CCCCCCCCCCCCCCCCCCCCCCCC. The van der Waals surface area contributed by atoms with Gasteiger partial charge in [0.2, 0.25) is 5.91 Å². The smallest absolute Gasteiger partial charge is 0.220 e. The fourth-order valence-electron chi connectivity index (χ4n) is 11.2. The van der Waals surface area contributed by atoms with E-state index in [2.05, 4.69) is 92.1 Å². The Morgan fingerprint density at radius 2 is 0.556 bits per heavy atom. The first-order valence-electron chi connectivity index (χ1n) is 36.3. The predicted octanol–water partition coefficient (Wildman–Crippen LogP) is 25.0. The molecule has 472 valence electrons. The summed E-state index contributed by atoms with van der Waals surface area (Å²) in [6, 6.07) is -0.642. The van der Waals surface area contributed by atoms with Crippen molar-refractivity contribution in [2.24, 2.45) is 0 Å². The second-order valence-electron chi connectivity index (χ2n) is 24.6. The number of carbonyl (C=O) groups excluding carboxylic acids is 1. The van der Waals surface area contributed by atoms with E-state index in [1.54, 1.807) is 6.08 Å². The van der Waals surface area contributed by atoms with E-state index in [-0.39, 0.29) is 12.5 Å². The van der Waals surface area contributed by atoms with Gasteiger partial charge < -0.3 is 15.5 Å². The van der Waals surface area contributed by atoms with Crippen LogP contribution in [0.1, 0.15) is 380 Å². The number of amides is 1. The average molecular weight is 1130 g/mol. The van der Waals surface area contributed by atoms with Gasteiger partial charge in [0.15, 0.2) is 0 Å². The Labute approximate surface area is 507 Å². The molecular weight excluding hydrogens is 987 g/mol. The molecule has 0 aromatic heterocycles. The highest BCUT2D eigenvalue weighted by Crippen LogP contribution is 2.19. The number of aliphatic hydroxyl groups is 2. The van der Waals surface area contributed by atoms with Crippen molar-refractivity contribution in [3.8, 4) is 0 Å². The maximum absolute atomic E-state index is 12.5. The quantitative estimate of drug-likeness (QED) is 0.0420. The Morgan fingerprint density at radius 3 is 0.864 bits per heavy atom. The molecule has 3 N–H and O–H groups in total. The first kappa shape index (κ1) is 78.6. The lowest BCUT2D eigenvalue weighted by molar-refractivity contribution is -0.123. The first-order valence-corrected chi connectivity index (χ1v) is 36.3. The van der Waals surface area contributed by atoms with Crippen LogP contribution >= 0.6 is 0 Å². The van der Waals surface area contributed by atoms with E-state index in [0.29, 0.717) is 6.42 Å². The molecule has 1 amide bonds. The van der Waals surface area contributed by atoms with Crippen molar-refractivity contribution >= 4 is 5.91 Å². The summed E-state index contributed by atoms with van der Waals surface area (Å²) in [4.78, 5) is 12.5. The van der Waals surface area contributed by atoms with Crippen molar-refractivity contribution in [3.05, 3.63) is 85.1 Å². The molecule has 2 atom stereocenters. The Bertz CT molecular complexity index is 1420. The van der Waals surface area contributed by atoms with Crippen LogP contribution in [0.2, 0.25) is 0 Å². The summed E-state index contributed by atoms with van der Waals surface area (Å²) in [6.07, 6.45) is 105. The minimum Gasteiger partial charge on any atom is -0.394 e. The molecule has 0 aliphatic carbocycles. The number of rotatable bonds is 67. The number of unbranched alkanes of at least 4 members (excludes halogenated alkanes) is 48. The average Bonchev–Trinajstić information content (AvgIpc) is 3.47. The molecule has 0 rings (SSSR count). The molecule has 0 radical (unpaired) electrons. The van der Waals surface area contributed by atoms with Gasteiger partial charge >= 0.3 is 0 Å². The van der Waals surface area contributed by atoms with Gasteiger partial charge in [-0.3, -0.25) is 4.79 Å². The van der Waals surface area contributed by atoms with Gasteiger partial charge in [0.25, 0.3) is 0 Å². The van der Waals surface area contributed by atoms with Gasteiger partial charge in [-0.15, -0.1) is 0 Å². The lowest BCUT2D eigenvalue weighted by atomic mass is 10.0. The molecule has 0 aliphatic rings. The monoisotopic (exact) mass is 1130 g/mol. The zero-order valence-electron chi connectivity index (χ0n) is 54.6. The van der Waals surface area contributed by atoms with Crippen LogP contribution in [0.4, 0.5) is 0 Å². The van der Waals surface area contributed by atoms with E-state index < -0.39 is 12.1 Å². The zero-order valence-corrected chi connectivity index (χ0v) is 54.6. The minimum absolute atomic E-state index is 0.0675. The highest BCUT2D eigenvalue weighted by atomic mass is 16.3. The van der Waals surface area contributed by atoms with E-state index in [4.69, 9.17) is 0 Å². The normalized spacial score (nSPS) is 13.2. The molecule has 2 unspecified atom stereocenters. The molecule has 0 aromatic rings. The fourth-order valence-corrected chi connectivity index (χ4v) is 11.2. The van der Waals surface area contributed by atoms with Crippen molar-refractivity contribution in [1.82, 2.24) is 5.32 Å². The van der Waals surface area contributed by atoms with Gasteiger partial charge in [-0.1, -0.05) is 381 Å². The number of aliphatic hydroxyl groups excluding tert-OH is 2. The van der Waals surface area contributed by atoms with E-state index in [1.165, 1.54) is 295 Å². The standard InChI is InChI=1S/C77H141NO3/c1-3-5-7-9-11-13-15-17-19-21-23-25-27-29-31-33-34-35-36-37-38-39-40-41-42-43-44-45-47-49-51-53-55-57-59-61-63-65-67-69-71-73-77(81)78-75(74-79)76(80)72-70-68-66-64-62-60-58-56-54-52-50-48-46-32-30-28-26-24-22-20-18-16-14-12-10-8-6-4-2/h5,7,11,13,17,19,23,25,29,31,62,64,70,72,75-76,79-80H,3-4,6,8-10,12,14-16,18,20-22,24,26-28,30,32-61,63,65-69,71,73-74H2,1-2H3,(H,78,81)/b7-5-,13-11-,19-17-,25-23-,31-29-,64-62+,72-70+. The zero-order chi connectivity index (χ0) is 58.4. The maximum atomic E-state index is 12.5. The fraction of sp³-hybridized carbons (Fsp3) is 0.805. The van der Waals surface area contributed by atoms with Crippen LogP contribution in [-0.4, -0.2) is 34.9 Å². The molecule has 0 spiro atoms. The van der Waals surface area contributed by atoms with Crippen LogP contribution in [0.5, 0.6) is 0 Å². The summed E-state index contributed by atoms with van der Waals surface area (Å²) in [5, 5.41) is 23.3. The summed E-state index contributed by atoms with van der Waals surface area (Å²) in [7, 11) is 0. The lowest BCUT2D eigenvalue weighted by Gasteiger charge is -2.19. The Morgan fingerprint density at radius 1 is 0.309 bits per heavy atom. The third-order valence-corrected chi connectivity index (χ3v) is 16.6. The van der Waals surface area contributed by atoms with Crippen LogP contribution in [0.25, 0.3) is 0 Å². The highest BCUT2D eigenvalue weighted by molar-refractivity contribution is 5.76. The third kappa shape index (κ3) is 68.2. The molecule has 4 heteroatoms. The van der Waals surface area contributed by atoms with Gasteiger partial charge in [-0.2, -0.15) is 0 Å². The van der Waals surface area contributed by atoms with Crippen LogP contribution in [0, 0.1) is 0 Å². The first-order chi connectivity index (χ1) is 40.2. The van der Waals surface area contributed by atoms with Crippen molar-refractivity contribution in [2.75, 3.05) is 6.61 Å². The molecule has 0 saturated heterocycles. The second-order valence-corrected chi connectivity index (χ2v) is 24.6. The number of hydrogen-bond acceptors (Lipinski definition) is 3. The van der Waals surface area contributed by atoms with E-state index >= 15 is 0 Å². The molecule has 0 fully saturated rings. The van der Waals surface area contributed by atoms with Gasteiger partial charge in [0.1, 0.15) is 0 Å². The van der Waals surface area contributed by atoms with E-state index in [9.17, 15) is 15.0 Å². The molecule has 81 heavy (non-hydrogen) atoms. The molecule has 0 aliphatic heterocycles. The largest absolute Gasteiger partial charge is 0.394 e. The number of hydrogen-bond donors (Lipinski definition) is 3. The van der Waals surface area contributed by atoms with Crippen molar-refractivity contribution in [3.63, 3.8) is 0 Å². The van der Waals surface area contributed by atoms with Gasteiger partial charge in [0.05, 0.1) is 18.8 Å². The number of nitrogens with one attached hydrogen (secondary N) is 1. The van der Waals surface area contributed by atoms with Gasteiger partial charge in [0, 0.05) is 6.42 Å². The molecular formula is C77H141NO3. The van der Waals surface area contributed by atoms with Crippen molar-refractivity contribution in [1.29, 1.82) is 0 Å². The summed E-state index contributed by atoms with van der Waals surface area (Å²) in [5.74, 6) is -0.0675. The summed E-state index contributed by atoms with van der Waals surface area (Å²) < 4.78 is 0. The van der Waals surface area contributed by atoms with E-state index in [0.717, 1.165) is 64.2 Å². The van der Waals surface area contributed by atoms with Crippen molar-refractivity contribution in [2.45, 2.75) is 392 Å². The molecule has 0 saturated carbocycles. The third-order valence-electron chi connectivity index (χ3n) is 16.6. The Balaban J connectivity index is 3.44. The van der Waals surface area contributed by atoms with Crippen LogP contribution < -0.4 is 5.32 Å². The summed E-state index contributed by atoms with van der Waals surface area (Å²) >= 11 is 0. The summed E-state index contributed by atoms with van der Waals surface area (Å²) in [5.41, 5.74) is 0. The van der Waals surface area contributed by atoms with Crippen LogP contribution in [0.15, 0.2) is 85.1 Å². The van der Waals surface area contributed by atoms with Gasteiger partial charge in [-0.25, -0.2) is 0 Å². The Hall–Kier alpha value is -2.43. The Kier molecular flexibility index (Phi) is 69.7. The second kappa shape index (κ2) is 71.8. The van der Waals surface area contributed by atoms with Gasteiger partial charge in [-0.05, 0) is 77.0 Å². The van der Waals surface area contributed by atoms with Crippen LogP contribution in [0.3, 0.4) is 0 Å². The van der Waals surface area contributed by atoms with Crippen LogP contribution in [-0.2, 0) is 4.79 Å². The maximum Gasteiger partial charge on any atom is 0.220 e. The molecule has 4 nitrogen and oxygen atoms in total. The van der Waals surface area contributed by atoms with Crippen molar-refractivity contribution < 1.29 is 15.0 Å². The predicted molar refractivity (Wildman–Crippen MR) is 364 cm³/mol. The number of allylic oxidation sites excluding steroid dienone is 13. The minimum atomic E-state index is -0.865.